The Morgan fingerprint density at radius 3 is 2.61 bits per heavy atom. The number of nitrogens with zero attached hydrogens (tertiary/aromatic N) is 1. The van der Waals surface area contributed by atoms with Gasteiger partial charge >= 0.3 is 0 Å². The molecule has 0 bridgehead atoms. The lowest BCUT2D eigenvalue weighted by Gasteiger charge is -2.12. The van der Waals surface area contributed by atoms with E-state index >= 15 is 0 Å². The van der Waals surface area contributed by atoms with Gasteiger partial charge in [0.05, 0.1) is 0 Å². The molecule has 0 aliphatic carbocycles. The van der Waals surface area contributed by atoms with Crippen LogP contribution in [0.3, 0.4) is 0 Å². The van der Waals surface area contributed by atoms with Crippen LogP contribution in [0.4, 0.5) is 4.39 Å². The maximum atomic E-state index is 13.8. The summed E-state index contributed by atoms with van der Waals surface area (Å²) in [7, 11) is 0. The number of aromatic nitrogens is 1. The molecule has 4 heteroatoms. The Hall–Kier alpha value is -1.55. The van der Waals surface area contributed by atoms with Gasteiger partial charge in [0.25, 0.3) is 0 Å². The molecular weight excluding hydrogens is 297 g/mol. The van der Waals surface area contributed by atoms with Crippen LogP contribution in [0.5, 0.6) is 0 Å². The van der Waals surface area contributed by atoms with E-state index in [0.29, 0.717) is 16.5 Å². The number of aldehydes is 1. The lowest BCUT2D eigenvalue weighted by molar-refractivity contribution is -0.109. The molecule has 92 valence electrons. The third-order valence-corrected chi connectivity index (χ3v) is 3.22. The maximum absolute atomic E-state index is 13.8. The van der Waals surface area contributed by atoms with E-state index < -0.39 is 5.92 Å². The minimum absolute atomic E-state index is 0.365. The summed E-state index contributed by atoms with van der Waals surface area (Å²) in [6.45, 7) is 0. The van der Waals surface area contributed by atoms with Gasteiger partial charge in [-0.05, 0) is 41.8 Å². The van der Waals surface area contributed by atoms with Crippen LogP contribution in [0.25, 0.3) is 0 Å². The summed E-state index contributed by atoms with van der Waals surface area (Å²) in [4.78, 5) is 15.1. The Labute approximate surface area is 113 Å². The van der Waals surface area contributed by atoms with Gasteiger partial charge in [-0.25, -0.2) is 4.39 Å². The summed E-state index contributed by atoms with van der Waals surface area (Å²) in [5.74, 6) is -0.837. The lowest BCUT2D eigenvalue weighted by Crippen LogP contribution is -2.07. The quantitative estimate of drug-likeness (QED) is 0.809. The molecule has 1 heterocycles. The highest BCUT2D eigenvalue weighted by Crippen LogP contribution is 2.24. The summed E-state index contributed by atoms with van der Waals surface area (Å²) < 4.78 is 14.5. The van der Waals surface area contributed by atoms with Gasteiger partial charge in [-0.15, -0.1) is 0 Å². The van der Waals surface area contributed by atoms with Crippen molar-refractivity contribution in [3.8, 4) is 0 Å². The first-order chi connectivity index (χ1) is 8.70. The fourth-order valence-corrected chi connectivity index (χ4v) is 2.14. The fourth-order valence-electron chi connectivity index (χ4n) is 1.81. The predicted molar refractivity (Wildman–Crippen MR) is 70.8 cm³/mol. The fraction of sp³-hybridized carbons (Fsp3) is 0.143. The van der Waals surface area contributed by atoms with Crippen LogP contribution >= 0.6 is 15.9 Å². The molecule has 0 spiro atoms. The van der Waals surface area contributed by atoms with E-state index in [0.717, 1.165) is 11.8 Å². The van der Waals surface area contributed by atoms with E-state index in [9.17, 15) is 9.18 Å². The van der Waals surface area contributed by atoms with Crippen molar-refractivity contribution in [1.29, 1.82) is 0 Å². The number of carbonyl (C=O) groups is 1. The molecule has 0 saturated heterocycles. The first kappa shape index (κ1) is 12.9. The van der Waals surface area contributed by atoms with Crippen LogP contribution in [-0.2, 0) is 11.2 Å². The van der Waals surface area contributed by atoms with Gasteiger partial charge in [-0.2, -0.15) is 0 Å². The van der Waals surface area contributed by atoms with Crippen LogP contribution < -0.4 is 0 Å². The number of benzene rings is 1. The number of hydrogen-bond donors (Lipinski definition) is 0. The highest BCUT2D eigenvalue weighted by Gasteiger charge is 2.15. The summed E-state index contributed by atoms with van der Waals surface area (Å²) in [6.07, 6.45) is 4.58. The number of carbonyl (C=O) groups excluding carboxylic acids is 1. The average Bonchev–Trinajstić information content (AvgIpc) is 2.38. The van der Waals surface area contributed by atoms with Crippen molar-refractivity contribution >= 4 is 22.2 Å². The second-order valence-electron chi connectivity index (χ2n) is 3.97. The highest BCUT2D eigenvalue weighted by atomic mass is 79.9. The van der Waals surface area contributed by atoms with E-state index in [2.05, 4.69) is 20.9 Å². The molecule has 0 radical (unpaired) electrons. The molecule has 1 unspecified atom stereocenters. The van der Waals surface area contributed by atoms with Crippen molar-refractivity contribution in [2.45, 2.75) is 12.3 Å². The van der Waals surface area contributed by atoms with Crippen molar-refractivity contribution in [2.24, 2.45) is 0 Å². The van der Waals surface area contributed by atoms with E-state index in [1.165, 1.54) is 6.07 Å². The number of hydrogen-bond acceptors (Lipinski definition) is 2. The first-order valence-electron chi connectivity index (χ1n) is 5.50. The average molecular weight is 308 g/mol. The predicted octanol–water partition coefficient (Wildman–Crippen LogP) is 3.51. The summed E-state index contributed by atoms with van der Waals surface area (Å²) in [5.41, 5.74) is 1.38. The molecule has 0 N–H and O–H groups in total. The molecular formula is C14H11BrFNO. The molecule has 1 aromatic carbocycles. The summed E-state index contributed by atoms with van der Waals surface area (Å²) >= 11 is 3.20. The van der Waals surface area contributed by atoms with Gasteiger partial charge in [-0.3, -0.25) is 4.98 Å². The minimum Gasteiger partial charge on any atom is -0.303 e. The molecule has 2 rings (SSSR count). The van der Waals surface area contributed by atoms with Crippen LogP contribution in [0.2, 0.25) is 0 Å². The van der Waals surface area contributed by atoms with Crippen molar-refractivity contribution in [3.63, 3.8) is 0 Å². The largest absolute Gasteiger partial charge is 0.303 e. The second-order valence-corrected chi connectivity index (χ2v) is 4.88. The number of pyridine rings is 1. The molecule has 2 aromatic rings. The first-order valence-corrected chi connectivity index (χ1v) is 6.29. The topological polar surface area (TPSA) is 30.0 Å². The van der Waals surface area contributed by atoms with Gasteiger partial charge in [0, 0.05) is 22.8 Å². The van der Waals surface area contributed by atoms with Gasteiger partial charge in [0.15, 0.2) is 0 Å². The molecule has 0 aliphatic rings. The van der Waals surface area contributed by atoms with Gasteiger partial charge in [0.2, 0.25) is 0 Å². The van der Waals surface area contributed by atoms with Crippen molar-refractivity contribution in [2.75, 3.05) is 0 Å². The zero-order valence-corrected chi connectivity index (χ0v) is 11.1. The molecule has 1 aromatic heterocycles. The summed E-state index contributed by atoms with van der Waals surface area (Å²) in [5, 5.41) is 0. The molecule has 0 aliphatic heterocycles. The zero-order valence-electron chi connectivity index (χ0n) is 9.51. The van der Waals surface area contributed by atoms with Crippen molar-refractivity contribution in [1.82, 2.24) is 4.98 Å². The Kier molecular flexibility index (Phi) is 4.20. The van der Waals surface area contributed by atoms with Crippen molar-refractivity contribution < 1.29 is 9.18 Å². The van der Waals surface area contributed by atoms with E-state index in [-0.39, 0.29) is 5.82 Å². The van der Waals surface area contributed by atoms with Crippen LogP contribution in [0.15, 0.2) is 47.2 Å². The van der Waals surface area contributed by atoms with Crippen LogP contribution in [0.1, 0.15) is 17.0 Å². The minimum atomic E-state index is -0.472. The van der Waals surface area contributed by atoms with E-state index in [1.807, 2.05) is 12.1 Å². The van der Waals surface area contributed by atoms with Gasteiger partial charge in [0.1, 0.15) is 12.1 Å². The molecule has 0 saturated carbocycles. The Balaban J connectivity index is 2.26. The van der Waals surface area contributed by atoms with E-state index in [1.54, 1.807) is 24.5 Å². The van der Waals surface area contributed by atoms with Gasteiger partial charge < -0.3 is 4.79 Å². The molecule has 0 amide bonds. The number of rotatable bonds is 4. The number of halogens is 2. The zero-order chi connectivity index (χ0) is 13.0. The van der Waals surface area contributed by atoms with Gasteiger partial charge in [-0.1, -0.05) is 22.0 Å². The second kappa shape index (κ2) is 5.87. The monoisotopic (exact) mass is 307 g/mol. The highest BCUT2D eigenvalue weighted by molar-refractivity contribution is 9.10. The van der Waals surface area contributed by atoms with Crippen LogP contribution in [0, 0.1) is 5.82 Å². The molecule has 0 fully saturated rings. The standard InChI is InChI=1S/C14H11BrFNO/c15-12-1-2-13(14(16)8-12)11(9-18)7-10-3-5-17-6-4-10/h1-6,8-9,11H,7H2. The molecule has 1 atom stereocenters. The smallest absolute Gasteiger partial charge is 0.128 e. The third-order valence-electron chi connectivity index (χ3n) is 2.73. The van der Waals surface area contributed by atoms with Crippen molar-refractivity contribution in [3.05, 3.63) is 64.1 Å². The lowest BCUT2D eigenvalue weighted by atomic mass is 9.93. The summed E-state index contributed by atoms with van der Waals surface area (Å²) in [6, 6.07) is 8.40. The normalized spacial score (nSPS) is 12.1. The Morgan fingerprint density at radius 1 is 1.28 bits per heavy atom. The van der Waals surface area contributed by atoms with E-state index in [4.69, 9.17) is 0 Å². The van der Waals surface area contributed by atoms with Crippen LogP contribution in [-0.4, -0.2) is 11.3 Å². The maximum Gasteiger partial charge on any atom is 0.128 e. The molecule has 2 nitrogen and oxygen atoms in total. The SMILES string of the molecule is O=CC(Cc1ccncc1)c1ccc(Br)cc1F. The Morgan fingerprint density at radius 2 is 2.00 bits per heavy atom. The Bertz CT molecular complexity index is 545. The third kappa shape index (κ3) is 3.01. The molecule has 18 heavy (non-hydrogen) atoms.